The third-order valence-electron chi connectivity index (χ3n) is 15.8. The van der Waals surface area contributed by atoms with Crippen molar-refractivity contribution in [2.75, 3.05) is 11.2 Å². The van der Waals surface area contributed by atoms with Crippen LogP contribution in [0.5, 0.6) is 0 Å². The lowest BCUT2D eigenvalue weighted by atomic mass is 9.13. The first-order valence-electron chi connectivity index (χ1n) is 27.7. The highest BCUT2D eigenvalue weighted by Gasteiger charge is 2.51. The molecule has 0 saturated heterocycles. The minimum atomic E-state index is -1.78. The highest BCUT2D eigenvalue weighted by molar-refractivity contribution is 8.11. The van der Waals surface area contributed by atoms with Crippen molar-refractivity contribution >= 4 is 90.1 Å². The summed E-state index contributed by atoms with van der Waals surface area (Å²) in [7, 11) is -1.60. The van der Waals surface area contributed by atoms with Crippen LogP contribution in [0.4, 0.5) is 0 Å². The van der Waals surface area contributed by atoms with Gasteiger partial charge >= 0.3 is 0 Å². The van der Waals surface area contributed by atoms with Crippen LogP contribution in [0.3, 0.4) is 0 Å². The van der Waals surface area contributed by atoms with Crippen molar-refractivity contribution in [1.82, 2.24) is 0 Å². The first-order chi connectivity index (χ1) is 39.2. The van der Waals surface area contributed by atoms with Gasteiger partial charge in [-0.3, -0.25) is 0 Å². The van der Waals surface area contributed by atoms with Crippen LogP contribution < -0.4 is 59.6 Å². The summed E-state index contributed by atoms with van der Waals surface area (Å²) < 4.78 is 0. The molecule has 0 aliphatic carbocycles. The van der Waals surface area contributed by atoms with Gasteiger partial charge in [-0.2, -0.15) is 43.7 Å². The molecule has 12 rings (SSSR count). The Morgan fingerprint density at radius 3 is 0.570 bits per heavy atom. The fourth-order valence-electron chi connectivity index (χ4n) is 12.1. The van der Waals surface area contributed by atoms with Gasteiger partial charge in [0.2, 0.25) is 5.49 Å². The van der Waals surface area contributed by atoms with Gasteiger partial charge in [0.05, 0.1) is 10.9 Å². The lowest BCUT2D eigenvalue weighted by Crippen LogP contribution is -2.74. The Labute approximate surface area is 474 Å². The van der Waals surface area contributed by atoms with Crippen molar-refractivity contribution in [3.05, 3.63) is 364 Å². The van der Waals surface area contributed by atoms with Crippen LogP contribution in [0, 0.1) is 0 Å². The molecule has 12 aromatic carbocycles. The Morgan fingerprint density at radius 1 is 0.228 bits per heavy atom. The zero-order valence-electron chi connectivity index (χ0n) is 45.1. The fraction of sp³-hybridized carbons (Fsp3) is 0.0400. The largest absolute Gasteiger partial charge is 0.227 e. The van der Waals surface area contributed by atoms with Gasteiger partial charge in [0.1, 0.15) is 34.0 Å². The highest BCUT2D eigenvalue weighted by Crippen LogP contribution is 2.57. The summed E-state index contributed by atoms with van der Waals surface area (Å²) in [6.07, 6.45) is -2.43. The standard InChI is InChI=1S/C27H27PS.2C24H20B/c1-2-29(27-21-13-6-14-22-27)23-28(24-15-7-3-8-16-24,25-17-9-4-10-18-25)26-19-11-5-12-20-26;2*1-5-13-21(14-6-1)25(22-15-7-2-8-16-22,23-17-9-3-10-18-23)24-19-11-4-12-20-24/h3-22H,2,23H2,1H3;2*1-20H/q+2;2*-1. The van der Waals surface area contributed by atoms with Crippen LogP contribution in [-0.4, -0.2) is 23.5 Å². The summed E-state index contributed by atoms with van der Waals surface area (Å²) in [6, 6.07) is 132. The monoisotopic (exact) mass is 1050 g/mol. The van der Waals surface area contributed by atoms with E-state index >= 15 is 0 Å². The first-order valence-corrected chi connectivity index (χ1v) is 31.3. The smallest absolute Gasteiger partial charge is 0.195 e. The van der Waals surface area contributed by atoms with Crippen molar-refractivity contribution in [2.45, 2.75) is 11.8 Å². The van der Waals surface area contributed by atoms with Crippen LogP contribution in [0.15, 0.2) is 369 Å². The normalized spacial score (nSPS) is 11.7. The van der Waals surface area contributed by atoms with E-state index < -0.39 is 19.6 Å². The summed E-state index contributed by atoms with van der Waals surface area (Å²) in [6.45, 7) is 2.34. The zero-order chi connectivity index (χ0) is 53.8. The predicted octanol–water partition coefficient (Wildman–Crippen LogP) is 11.8. The zero-order valence-corrected chi connectivity index (χ0v) is 46.8. The van der Waals surface area contributed by atoms with E-state index in [1.807, 2.05) is 0 Å². The van der Waals surface area contributed by atoms with Crippen molar-refractivity contribution in [2.24, 2.45) is 0 Å². The summed E-state index contributed by atoms with van der Waals surface area (Å²) in [4.78, 5) is 1.47. The molecule has 0 nitrogen and oxygen atoms in total. The molecule has 12 aromatic rings. The quantitative estimate of drug-likeness (QED) is 0.0545. The molecule has 0 aromatic heterocycles. The summed E-state index contributed by atoms with van der Waals surface area (Å²) in [5, 5.41) is 4.41. The second-order valence-electron chi connectivity index (χ2n) is 20.1. The van der Waals surface area contributed by atoms with Gasteiger partial charge in [-0.25, -0.2) is 0 Å². The Bertz CT molecular complexity index is 3040. The van der Waals surface area contributed by atoms with Crippen LogP contribution in [0.25, 0.3) is 0 Å². The van der Waals surface area contributed by atoms with E-state index in [9.17, 15) is 0 Å². The number of benzene rings is 12. The number of rotatable bonds is 15. The highest BCUT2D eigenvalue weighted by atomic mass is 32.2. The molecule has 0 fully saturated rings. The molecule has 0 spiro atoms. The molecule has 0 N–H and O–H groups in total. The third-order valence-corrected chi connectivity index (χ3v) is 23.7. The van der Waals surface area contributed by atoms with Gasteiger partial charge in [-0.05, 0) is 55.5 Å². The summed E-state index contributed by atoms with van der Waals surface area (Å²) in [5.41, 5.74) is 11.9. The second-order valence-corrected chi connectivity index (χ2v) is 26.3. The second kappa shape index (κ2) is 26.7. The maximum Gasteiger partial charge on any atom is 0.227 e. The van der Waals surface area contributed by atoms with Crippen molar-refractivity contribution in [3.63, 3.8) is 0 Å². The van der Waals surface area contributed by atoms with Gasteiger partial charge in [0, 0.05) is 0 Å². The molecular weight excluding hydrogens is 985 g/mol. The Morgan fingerprint density at radius 2 is 0.392 bits per heavy atom. The molecule has 0 saturated carbocycles. The molecule has 79 heavy (non-hydrogen) atoms. The lowest BCUT2D eigenvalue weighted by molar-refractivity contribution is 1.39. The van der Waals surface area contributed by atoms with E-state index in [4.69, 9.17) is 0 Å². The molecule has 0 amide bonds. The van der Waals surface area contributed by atoms with Crippen molar-refractivity contribution < 1.29 is 0 Å². The number of hydrogen-bond acceptors (Lipinski definition) is 0. The minimum absolute atomic E-state index is 0.184. The van der Waals surface area contributed by atoms with Crippen LogP contribution >= 0.6 is 7.26 Å². The average molecular weight is 1050 g/mol. The summed E-state index contributed by atoms with van der Waals surface area (Å²) >= 11 is 0. The molecule has 4 heteroatoms. The maximum atomic E-state index is 2.34. The molecule has 0 bridgehead atoms. The van der Waals surface area contributed by atoms with Gasteiger partial charge in [0.15, 0.2) is 12.2 Å². The van der Waals surface area contributed by atoms with E-state index in [2.05, 4.69) is 371 Å². The predicted molar refractivity (Wildman–Crippen MR) is 353 cm³/mol. The molecule has 0 aliphatic heterocycles. The van der Waals surface area contributed by atoms with E-state index in [0.717, 1.165) is 5.75 Å². The molecular formula is C75H67B2PS. The van der Waals surface area contributed by atoms with Gasteiger partial charge in [-0.15, -0.1) is 0 Å². The van der Waals surface area contributed by atoms with Crippen LogP contribution in [-0.2, 0) is 10.9 Å². The average Bonchev–Trinajstić information content (AvgIpc) is 3.63. The van der Waals surface area contributed by atoms with Gasteiger partial charge in [-0.1, -0.05) is 315 Å². The van der Waals surface area contributed by atoms with Crippen LogP contribution in [0.1, 0.15) is 6.92 Å². The topological polar surface area (TPSA) is 0 Å². The number of hydrogen-bond donors (Lipinski definition) is 0. The molecule has 0 heterocycles. The lowest BCUT2D eigenvalue weighted by Gasteiger charge is -2.44. The van der Waals surface area contributed by atoms with E-state index in [1.165, 1.54) is 70.0 Å². The first kappa shape index (κ1) is 53.9. The molecule has 1 unspecified atom stereocenters. The van der Waals surface area contributed by atoms with E-state index in [-0.39, 0.29) is 10.9 Å². The Kier molecular flexibility index (Phi) is 18.3. The Hall–Kier alpha value is -8.45. The van der Waals surface area contributed by atoms with Gasteiger partial charge in [0.25, 0.3) is 0 Å². The summed E-state index contributed by atoms with van der Waals surface area (Å²) in [5.74, 6) is 1.16. The SMILES string of the molecule is CC[S+](C[P+](c1ccccc1)(c1ccccc1)c1ccccc1)c1ccccc1.c1ccc([B-](c2ccccc2)(c2ccccc2)c2ccccc2)cc1.c1ccc([B-](c2ccccc2)(c2ccccc2)c2ccccc2)cc1. The molecule has 384 valence electrons. The van der Waals surface area contributed by atoms with Crippen molar-refractivity contribution in [1.29, 1.82) is 0 Å². The van der Waals surface area contributed by atoms with Crippen LogP contribution in [0.2, 0.25) is 0 Å². The fourth-order valence-corrected chi connectivity index (χ4v) is 20.9. The van der Waals surface area contributed by atoms with Crippen molar-refractivity contribution in [3.8, 4) is 0 Å². The molecule has 1 atom stereocenters. The molecule has 0 aliphatic rings. The van der Waals surface area contributed by atoms with Gasteiger partial charge < -0.3 is 0 Å². The molecule has 0 radical (unpaired) electrons. The third kappa shape index (κ3) is 11.7. The van der Waals surface area contributed by atoms with E-state index in [1.54, 1.807) is 0 Å². The van der Waals surface area contributed by atoms with E-state index in [0.29, 0.717) is 0 Å². The Balaban J connectivity index is 0.000000134. The maximum absolute atomic E-state index is 2.34. The minimum Gasteiger partial charge on any atom is -0.195 e.